The molecule has 146 valence electrons. The van der Waals surface area contributed by atoms with Crippen LogP contribution in [0.3, 0.4) is 0 Å². The lowest BCUT2D eigenvalue weighted by molar-refractivity contribution is 0.0534. The zero-order chi connectivity index (χ0) is 19.5. The van der Waals surface area contributed by atoms with Gasteiger partial charge in [0, 0.05) is 37.6 Å². The third-order valence-electron chi connectivity index (χ3n) is 4.67. The highest BCUT2D eigenvalue weighted by Crippen LogP contribution is 2.28. The normalized spacial score (nSPS) is 19.1. The Hall–Kier alpha value is -2.35. The molecule has 4 rings (SSSR count). The second-order valence-electron chi connectivity index (χ2n) is 7.08. The fourth-order valence-electron chi connectivity index (χ4n) is 3.01. The number of aromatic nitrogens is 2. The standard InChI is InChI=1S/C21H24N4O2S/c1-14-4-6-16(7-5-14)20-23-24-21(27-20)28-13-18-12-22-19(26-18)15-8-10-17(11-9-15)25(2)3/h4-11,18-19,22H,12-13H2,1-3H3/t18-,19+/m0/s1. The number of aryl methyl sites for hydroxylation is 1. The van der Waals surface area contributed by atoms with Crippen molar-refractivity contribution in [3.8, 4) is 11.5 Å². The quantitative estimate of drug-likeness (QED) is 0.634. The molecule has 0 amide bonds. The summed E-state index contributed by atoms with van der Waals surface area (Å²) in [6, 6.07) is 16.5. The lowest BCUT2D eigenvalue weighted by Crippen LogP contribution is -2.16. The van der Waals surface area contributed by atoms with Gasteiger partial charge in [0.25, 0.3) is 5.22 Å². The largest absolute Gasteiger partial charge is 0.411 e. The second-order valence-corrected chi connectivity index (χ2v) is 8.05. The van der Waals surface area contributed by atoms with E-state index >= 15 is 0 Å². The molecule has 1 aromatic heterocycles. The molecule has 1 aliphatic rings. The maximum atomic E-state index is 6.14. The average Bonchev–Trinajstić information content (AvgIpc) is 3.37. The van der Waals surface area contributed by atoms with Crippen LogP contribution < -0.4 is 10.2 Å². The minimum Gasteiger partial charge on any atom is -0.411 e. The molecular weight excluding hydrogens is 372 g/mol. The summed E-state index contributed by atoms with van der Waals surface area (Å²) < 4.78 is 11.9. The molecule has 0 unspecified atom stereocenters. The van der Waals surface area contributed by atoms with Gasteiger partial charge >= 0.3 is 0 Å². The molecule has 2 atom stereocenters. The van der Waals surface area contributed by atoms with Gasteiger partial charge in [-0.25, -0.2) is 0 Å². The summed E-state index contributed by atoms with van der Waals surface area (Å²) in [6.45, 7) is 2.85. The van der Waals surface area contributed by atoms with Gasteiger partial charge in [-0.05, 0) is 36.8 Å². The number of nitrogens with one attached hydrogen (secondary N) is 1. The Kier molecular flexibility index (Phi) is 5.66. The van der Waals surface area contributed by atoms with Crippen LogP contribution >= 0.6 is 11.8 Å². The number of hydrogen-bond donors (Lipinski definition) is 1. The van der Waals surface area contributed by atoms with Gasteiger partial charge in [0.15, 0.2) is 0 Å². The Morgan fingerprint density at radius 2 is 1.82 bits per heavy atom. The van der Waals surface area contributed by atoms with Gasteiger partial charge in [0.1, 0.15) is 6.23 Å². The third kappa shape index (κ3) is 4.38. The lowest BCUT2D eigenvalue weighted by Gasteiger charge is -2.16. The molecule has 0 saturated carbocycles. The van der Waals surface area contributed by atoms with E-state index < -0.39 is 0 Å². The van der Waals surface area contributed by atoms with E-state index in [0.29, 0.717) is 11.1 Å². The molecule has 0 bridgehead atoms. The Bertz CT molecular complexity index is 909. The smallest absolute Gasteiger partial charge is 0.276 e. The predicted octanol–water partition coefficient (Wildman–Crippen LogP) is 3.89. The molecule has 7 heteroatoms. The van der Waals surface area contributed by atoms with Crippen molar-refractivity contribution in [1.29, 1.82) is 0 Å². The van der Waals surface area contributed by atoms with Gasteiger partial charge < -0.3 is 14.1 Å². The molecule has 28 heavy (non-hydrogen) atoms. The van der Waals surface area contributed by atoms with Crippen molar-refractivity contribution in [2.75, 3.05) is 31.3 Å². The first kappa shape index (κ1) is 19.0. The lowest BCUT2D eigenvalue weighted by atomic mass is 10.1. The fraction of sp³-hybridized carbons (Fsp3) is 0.333. The SMILES string of the molecule is Cc1ccc(-c2nnc(SC[C@@H]3CN[C@@H](c4ccc(N(C)C)cc4)O3)o2)cc1. The molecular formula is C21H24N4O2S. The van der Waals surface area contributed by atoms with Crippen LogP contribution in [0.5, 0.6) is 0 Å². The first-order valence-corrected chi connectivity index (χ1v) is 10.3. The van der Waals surface area contributed by atoms with Crippen LogP contribution in [0.4, 0.5) is 5.69 Å². The van der Waals surface area contributed by atoms with Crippen molar-refractivity contribution in [3.05, 3.63) is 59.7 Å². The zero-order valence-electron chi connectivity index (χ0n) is 16.3. The van der Waals surface area contributed by atoms with E-state index in [1.54, 1.807) is 0 Å². The van der Waals surface area contributed by atoms with Gasteiger partial charge in [-0.1, -0.05) is 41.6 Å². The van der Waals surface area contributed by atoms with Crippen LogP contribution in [-0.4, -0.2) is 42.7 Å². The van der Waals surface area contributed by atoms with Gasteiger partial charge in [0.05, 0.1) is 6.10 Å². The summed E-state index contributed by atoms with van der Waals surface area (Å²) in [5, 5.41) is 12.3. The summed E-state index contributed by atoms with van der Waals surface area (Å²) in [5.41, 5.74) is 4.45. The van der Waals surface area contributed by atoms with E-state index in [0.717, 1.165) is 23.4 Å². The van der Waals surface area contributed by atoms with Crippen molar-refractivity contribution in [2.24, 2.45) is 0 Å². The highest BCUT2D eigenvalue weighted by atomic mass is 32.2. The summed E-state index contributed by atoms with van der Waals surface area (Å²) in [5.74, 6) is 1.31. The van der Waals surface area contributed by atoms with Crippen molar-refractivity contribution < 1.29 is 9.15 Å². The van der Waals surface area contributed by atoms with Crippen molar-refractivity contribution in [1.82, 2.24) is 15.5 Å². The van der Waals surface area contributed by atoms with Crippen molar-refractivity contribution in [3.63, 3.8) is 0 Å². The second kappa shape index (κ2) is 8.34. The van der Waals surface area contributed by atoms with Gasteiger partial charge in [-0.15, -0.1) is 10.2 Å². The Morgan fingerprint density at radius 1 is 1.07 bits per heavy atom. The molecule has 1 fully saturated rings. The van der Waals surface area contributed by atoms with Crippen LogP contribution in [0.2, 0.25) is 0 Å². The maximum absolute atomic E-state index is 6.14. The average molecular weight is 397 g/mol. The minimum atomic E-state index is -0.0763. The topological polar surface area (TPSA) is 63.4 Å². The number of thioether (sulfide) groups is 1. The summed E-state index contributed by atoms with van der Waals surface area (Å²) >= 11 is 1.53. The molecule has 0 spiro atoms. The number of nitrogens with zero attached hydrogens (tertiary/aromatic N) is 3. The highest BCUT2D eigenvalue weighted by Gasteiger charge is 2.26. The van der Waals surface area contributed by atoms with Gasteiger partial charge in [0.2, 0.25) is 5.89 Å². The molecule has 6 nitrogen and oxygen atoms in total. The number of ether oxygens (including phenoxy) is 1. The van der Waals surface area contributed by atoms with E-state index in [9.17, 15) is 0 Å². The monoisotopic (exact) mass is 396 g/mol. The first-order valence-electron chi connectivity index (χ1n) is 9.28. The molecule has 1 aliphatic heterocycles. The summed E-state index contributed by atoms with van der Waals surface area (Å²) in [4.78, 5) is 2.08. The third-order valence-corrected chi connectivity index (χ3v) is 5.62. The fourth-order valence-corrected chi connectivity index (χ4v) is 3.78. The van der Waals surface area contributed by atoms with Crippen molar-refractivity contribution in [2.45, 2.75) is 24.5 Å². The van der Waals surface area contributed by atoms with Gasteiger partial charge in [-0.2, -0.15) is 0 Å². The Labute approximate surface area is 169 Å². The van der Waals surface area contributed by atoms with Crippen LogP contribution in [-0.2, 0) is 4.74 Å². The van der Waals surface area contributed by atoms with Crippen LogP contribution in [0.15, 0.2) is 58.2 Å². The van der Waals surface area contributed by atoms with Crippen LogP contribution in [0.1, 0.15) is 17.4 Å². The molecule has 1 N–H and O–H groups in total. The Morgan fingerprint density at radius 3 is 2.54 bits per heavy atom. The van der Waals surface area contributed by atoms with E-state index in [1.807, 2.05) is 38.4 Å². The van der Waals surface area contributed by atoms with Crippen LogP contribution in [0.25, 0.3) is 11.5 Å². The molecule has 2 heterocycles. The number of rotatable bonds is 6. The van der Waals surface area contributed by atoms with E-state index in [-0.39, 0.29) is 12.3 Å². The number of anilines is 1. The minimum absolute atomic E-state index is 0.0763. The summed E-state index contributed by atoms with van der Waals surface area (Å²) in [6.07, 6.45) is 0.0193. The molecule has 3 aromatic rings. The van der Waals surface area contributed by atoms with Crippen LogP contribution in [0, 0.1) is 6.92 Å². The van der Waals surface area contributed by atoms with E-state index in [2.05, 4.69) is 51.6 Å². The van der Waals surface area contributed by atoms with Gasteiger partial charge in [-0.3, -0.25) is 5.32 Å². The maximum Gasteiger partial charge on any atom is 0.276 e. The zero-order valence-corrected chi connectivity index (χ0v) is 17.1. The Balaban J connectivity index is 1.31. The first-order chi connectivity index (χ1) is 13.6. The highest BCUT2D eigenvalue weighted by molar-refractivity contribution is 7.99. The predicted molar refractivity (Wildman–Crippen MR) is 112 cm³/mol. The summed E-state index contributed by atoms with van der Waals surface area (Å²) in [7, 11) is 4.07. The van der Waals surface area contributed by atoms with Crippen molar-refractivity contribution >= 4 is 17.4 Å². The number of benzene rings is 2. The van der Waals surface area contributed by atoms with E-state index in [1.165, 1.54) is 23.0 Å². The molecule has 1 saturated heterocycles. The molecule has 0 radical (unpaired) electrons. The molecule has 2 aromatic carbocycles. The number of hydrogen-bond acceptors (Lipinski definition) is 7. The molecule has 0 aliphatic carbocycles. The van der Waals surface area contributed by atoms with E-state index in [4.69, 9.17) is 9.15 Å².